The molecule has 0 radical (unpaired) electrons. The van der Waals surface area contributed by atoms with E-state index in [2.05, 4.69) is 5.32 Å². The molecule has 0 unspecified atom stereocenters. The number of ether oxygens (including phenoxy) is 1. The second kappa shape index (κ2) is 10.8. The SMILES string of the molecule is CC(=O)c1cccc(N(CCCC(=O)NCCOc2ccccc2C)S(C)(=O)=O)c1. The Morgan fingerprint density at radius 3 is 2.50 bits per heavy atom. The molecular formula is C22H28N2O5S. The first-order chi connectivity index (χ1) is 14.2. The van der Waals surface area contributed by atoms with E-state index in [-0.39, 0.29) is 24.7 Å². The number of rotatable bonds is 11. The third-order valence-corrected chi connectivity index (χ3v) is 5.68. The van der Waals surface area contributed by atoms with E-state index >= 15 is 0 Å². The summed E-state index contributed by atoms with van der Waals surface area (Å²) in [6.45, 7) is 4.24. The number of para-hydroxylation sites is 1. The zero-order chi connectivity index (χ0) is 22.1. The van der Waals surface area contributed by atoms with E-state index in [1.165, 1.54) is 11.2 Å². The zero-order valence-corrected chi connectivity index (χ0v) is 18.4. The predicted molar refractivity (Wildman–Crippen MR) is 118 cm³/mol. The summed E-state index contributed by atoms with van der Waals surface area (Å²) in [4.78, 5) is 23.6. The van der Waals surface area contributed by atoms with Crippen LogP contribution in [0, 0.1) is 6.92 Å². The molecule has 8 heteroatoms. The summed E-state index contributed by atoms with van der Waals surface area (Å²) in [5, 5.41) is 2.77. The molecule has 2 aromatic rings. The standard InChI is InChI=1S/C22H28N2O5S/c1-17-8-4-5-11-21(17)29-15-13-23-22(26)12-7-14-24(30(3,27)28)20-10-6-9-19(16-20)18(2)25/h4-6,8-11,16H,7,12-15H2,1-3H3,(H,23,26). The second-order valence-electron chi connectivity index (χ2n) is 7.01. The molecule has 0 fully saturated rings. The lowest BCUT2D eigenvalue weighted by Crippen LogP contribution is -2.33. The van der Waals surface area contributed by atoms with Gasteiger partial charge in [-0.2, -0.15) is 0 Å². The highest BCUT2D eigenvalue weighted by Crippen LogP contribution is 2.20. The number of aryl methyl sites for hydroxylation is 1. The summed E-state index contributed by atoms with van der Waals surface area (Å²) in [6.07, 6.45) is 1.64. The number of amides is 1. The number of anilines is 1. The molecule has 0 spiro atoms. The number of benzene rings is 2. The molecule has 0 aliphatic rings. The van der Waals surface area contributed by atoms with Gasteiger partial charge < -0.3 is 10.1 Å². The molecule has 7 nitrogen and oxygen atoms in total. The number of hydrogen-bond acceptors (Lipinski definition) is 5. The van der Waals surface area contributed by atoms with Gasteiger partial charge in [0.15, 0.2) is 5.78 Å². The van der Waals surface area contributed by atoms with Crippen molar-refractivity contribution in [1.29, 1.82) is 0 Å². The van der Waals surface area contributed by atoms with Crippen LogP contribution in [-0.2, 0) is 14.8 Å². The Labute approximate surface area is 178 Å². The molecule has 30 heavy (non-hydrogen) atoms. The molecule has 0 saturated carbocycles. The van der Waals surface area contributed by atoms with Crippen LogP contribution in [0.15, 0.2) is 48.5 Å². The van der Waals surface area contributed by atoms with Gasteiger partial charge >= 0.3 is 0 Å². The minimum atomic E-state index is -3.54. The lowest BCUT2D eigenvalue weighted by Gasteiger charge is -2.22. The summed E-state index contributed by atoms with van der Waals surface area (Å²) in [5.41, 5.74) is 1.88. The third kappa shape index (κ3) is 7.18. The number of nitrogens with zero attached hydrogens (tertiary/aromatic N) is 1. The van der Waals surface area contributed by atoms with Crippen LogP contribution < -0.4 is 14.4 Å². The molecule has 1 amide bonds. The Balaban J connectivity index is 1.82. The number of hydrogen-bond donors (Lipinski definition) is 1. The van der Waals surface area contributed by atoms with E-state index in [1.807, 2.05) is 31.2 Å². The van der Waals surface area contributed by atoms with Crippen LogP contribution in [0.25, 0.3) is 0 Å². The first kappa shape index (κ1) is 23.4. The molecule has 1 N–H and O–H groups in total. The summed E-state index contributed by atoms with van der Waals surface area (Å²) in [6, 6.07) is 14.1. The quantitative estimate of drug-likeness (QED) is 0.435. The van der Waals surface area contributed by atoms with Gasteiger partial charge in [0, 0.05) is 18.5 Å². The van der Waals surface area contributed by atoms with Gasteiger partial charge in [-0.3, -0.25) is 13.9 Å². The van der Waals surface area contributed by atoms with E-state index in [4.69, 9.17) is 4.74 Å². The average Bonchev–Trinajstić information content (AvgIpc) is 2.69. The predicted octanol–water partition coefficient (Wildman–Crippen LogP) is 2.94. The molecule has 0 heterocycles. The van der Waals surface area contributed by atoms with Crippen molar-refractivity contribution >= 4 is 27.4 Å². The summed E-state index contributed by atoms with van der Waals surface area (Å²) >= 11 is 0. The number of carbonyl (C=O) groups is 2. The molecule has 162 valence electrons. The highest BCUT2D eigenvalue weighted by molar-refractivity contribution is 7.92. The Bertz CT molecular complexity index is 989. The van der Waals surface area contributed by atoms with Crippen molar-refractivity contribution in [3.05, 3.63) is 59.7 Å². The van der Waals surface area contributed by atoms with Gasteiger partial charge in [-0.15, -0.1) is 0 Å². The van der Waals surface area contributed by atoms with E-state index in [9.17, 15) is 18.0 Å². The average molecular weight is 433 g/mol. The van der Waals surface area contributed by atoms with E-state index in [0.717, 1.165) is 17.6 Å². The maximum Gasteiger partial charge on any atom is 0.232 e. The number of carbonyl (C=O) groups excluding carboxylic acids is 2. The van der Waals surface area contributed by atoms with Gasteiger partial charge in [0.25, 0.3) is 0 Å². The van der Waals surface area contributed by atoms with Gasteiger partial charge in [-0.25, -0.2) is 8.42 Å². The van der Waals surface area contributed by atoms with Crippen molar-refractivity contribution in [2.45, 2.75) is 26.7 Å². The van der Waals surface area contributed by atoms with Crippen LogP contribution in [0.4, 0.5) is 5.69 Å². The highest BCUT2D eigenvalue weighted by Gasteiger charge is 2.18. The fourth-order valence-corrected chi connectivity index (χ4v) is 3.87. The minimum Gasteiger partial charge on any atom is -0.491 e. The van der Waals surface area contributed by atoms with E-state index in [0.29, 0.717) is 30.8 Å². The molecule has 0 aliphatic carbocycles. The molecule has 0 aliphatic heterocycles. The first-order valence-electron chi connectivity index (χ1n) is 9.72. The molecule has 0 saturated heterocycles. The summed E-state index contributed by atoms with van der Waals surface area (Å²) in [5.74, 6) is 0.468. The number of nitrogens with one attached hydrogen (secondary N) is 1. The van der Waals surface area contributed by atoms with Crippen molar-refractivity contribution < 1.29 is 22.7 Å². The van der Waals surface area contributed by atoms with Gasteiger partial charge in [-0.05, 0) is 44.0 Å². The topological polar surface area (TPSA) is 92.8 Å². The maximum atomic E-state index is 12.2. The normalized spacial score (nSPS) is 11.0. The van der Waals surface area contributed by atoms with Crippen molar-refractivity contribution in [3.63, 3.8) is 0 Å². The lowest BCUT2D eigenvalue weighted by molar-refractivity contribution is -0.121. The fraction of sp³-hybridized carbons (Fsp3) is 0.364. The first-order valence-corrected chi connectivity index (χ1v) is 11.6. The Morgan fingerprint density at radius 1 is 1.10 bits per heavy atom. The summed E-state index contributed by atoms with van der Waals surface area (Å²) < 4.78 is 31.2. The minimum absolute atomic E-state index is 0.141. The van der Waals surface area contributed by atoms with Gasteiger partial charge in [0.05, 0.1) is 18.5 Å². The van der Waals surface area contributed by atoms with Crippen LogP contribution in [-0.4, -0.2) is 46.1 Å². The van der Waals surface area contributed by atoms with Crippen LogP contribution in [0.2, 0.25) is 0 Å². The van der Waals surface area contributed by atoms with Gasteiger partial charge in [-0.1, -0.05) is 30.3 Å². The Morgan fingerprint density at radius 2 is 1.83 bits per heavy atom. The lowest BCUT2D eigenvalue weighted by atomic mass is 10.1. The fourth-order valence-electron chi connectivity index (χ4n) is 2.91. The van der Waals surface area contributed by atoms with Crippen LogP contribution >= 0.6 is 0 Å². The molecule has 2 rings (SSSR count). The largest absolute Gasteiger partial charge is 0.491 e. The Hall–Kier alpha value is -2.87. The number of ketones is 1. The molecule has 2 aromatic carbocycles. The zero-order valence-electron chi connectivity index (χ0n) is 17.6. The molecule has 0 bridgehead atoms. The number of sulfonamides is 1. The number of Topliss-reactive ketones (excluding diaryl/α,β-unsaturated/α-hetero) is 1. The van der Waals surface area contributed by atoms with Crippen molar-refractivity contribution in [2.24, 2.45) is 0 Å². The highest BCUT2D eigenvalue weighted by atomic mass is 32.2. The van der Waals surface area contributed by atoms with Crippen molar-refractivity contribution in [1.82, 2.24) is 5.32 Å². The second-order valence-corrected chi connectivity index (χ2v) is 8.92. The smallest absolute Gasteiger partial charge is 0.232 e. The van der Waals surface area contributed by atoms with E-state index in [1.54, 1.807) is 24.3 Å². The summed E-state index contributed by atoms with van der Waals surface area (Å²) in [7, 11) is -3.54. The molecular weight excluding hydrogens is 404 g/mol. The van der Waals surface area contributed by atoms with Crippen molar-refractivity contribution in [3.8, 4) is 5.75 Å². The van der Waals surface area contributed by atoms with Crippen LogP contribution in [0.5, 0.6) is 5.75 Å². The van der Waals surface area contributed by atoms with Gasteiger partial charge in [0.2, 0.25) is 15.9 Å². The third-order valence-electron chi connectivity index (χ3n) is 4.48. The van der Waals surface area contributed by atoms with E-state index < -0.39 is 10.0 Å². The Kier molecular flexibility index (Phi) is 8.41. The molecule has 0 atom stereocenters. The van der Waals surface area contributed by atoms with Crippen LogP contribution in [0.1, 0.15) is 35.7 Å². The monoisotopic (exact) mass is 432 g/mol. The van der Waals surface area contributed by atoms with Crippen molar-refractivity contribution in [2.75, 3.05) is 30.3 Å². The maximum absolute atomic E-state index is 12.2. The van der Waals surface area contributed by atoms with Crippen LogP contribution in [0.3, 0.4) is 0 Å². The van der Waals surface area contributed by atoms with Gasteiger partial charge in [0.1, 0.15) is 12.4 Å². The molecule has 0 aromatic heterocycles.